The third kappa shape index (κ3) is 14.3. The van der Waals surface area contributed by atoms with E-state index >= 15 is 0 Å². The molecule has 16 nitrogen and oxygen atoms in total. The second-order valence-electron chi connectivity index (χ2n) is 10.2. The van der Waals surface area contributed by atoms with Crippen molar-refractivity contribution in [1.82, 2.24) is 26.6 Å². The van der Waals surface area contributed by atoms with Crippen molar-refractivity contribution >= 4 is 41.5 Å². The lowest BCUT2D eigenvalue weighted by Gasteiger charge is -2.25. The van der Waals surface area contributed by atoms with Crippen LogP contribution in [0.4, 0.5) is 0 Å². The average molecular weight is 586 g/mol. The van der Waals surface area contributed by atoms with Crippen molar-refractivity contribution in [3.8, 4) is 0 Å². The van der Waals surface area contributed by atoms with E-state index in [0.717, 1.165) is 0 Å². The van der Waals surface area contributed by atoms with Crippen molar-refractivity contribution in [2.45, 2.75) is 91.0 Å². The van der Waals surface area contributed by atoms with Crippen LogP contribution in [0.5, 0.6) is 0 Å². The van der Waals surface area contributed by atoms with Gasteiger partial charge in [-0.1, -0.05) is 34.1 Å². The number of nitrogens with two attached hydrogens (primary N) is 3. The summed E-state index contributed by atoms with van der Waals surface area (Å²) >= 11 is 0. The standard InChI is InChI=1S/C25H47N9O7/c1-7-13(4)19(24(40)41)33-17(35)11-30-23(39)18(12(2)3)34-21(37)15(6)31-22(38)16(32-20(36)14(5)26)9-8-10-29-25(27)28/h12-16,18-19H,7-11,26H2,1-6H3,(H,30,39)(H,31,38)(H,32,36)(H,33,35)(H,34,37)(H,40,41)(H4,27,28,29)/t13-,14-,15-,16-,18-,19-/m0/s1. The van der Waals surface area contributed by atoms with E-state index in [4.69, 9.17) is 17.2 Å². The molecule has 0 radical (unpaired) electrons. The van der Waals surface area contributed by atoms with E-state index in [1.807, 2.05) is 0 Å². The maximum absolute atomic E-state index is 12.9. The molecule has 0 spiro atoms. The molecule has 0 aromatic heterocycles. The number of rotatable bonds is 18. The third-order valence-electron chi connectivity index (χ3n) is 6.21. The van der Waals surface area contributed by atoms with Gasteiger partial charge in [0, 0.05) is 6.54 Å². The fraction of sp³-hybridized carbons (Fsp3) is 0.720. The van der Waals surface area contributed by atoms with Crippen LogP contribution < -0.4 is 43.8 Å². The lowest BCUT2D eigenvalue weighted by molar-refractivity contribution is -0.143. The van der Waals surface area contributed by atoms with Gasteiger partial charge in [-0.15, -0.1) is 0 Å². The van der Waals surface area contributed by atoms with E-state index in [9.17, 15) is 33.9 Å². The quantitative estimate of drug-likeness (QED) is 0.0454. The minimum atomic E-state index is -1.18. The van der Waals surface area contributed by atoms with Gasteiger partial charge in [-0.05, 0) is 38.5 Å². The first-order valence-corrected chi connectivity index (χ1v) is 13.5. The van der Waals surface area contributed by atoms with Gasteiger partial charge in [0.25, 0.3) is 0 Å². The van der Waals surface area contributed by atoms with Crippen LogP contribution >= 0.6 is 0 Å². The van der Waals surface area contributed by atoms with Crippen LogP contribution in [-0.4, -0.2) is 89.9 Å². The molecule has 0 heterocycles. The van der Waals surface area contributed by atoms with Gasteiger partial charge in [0.15, 0.2) is 5.96 Å². The predicted molar refractivity (Wildman–Crippen MR) is 152 cm³/mol. The minimum Gasteiger partial charge on any atom is -0.480 e. The van der Waals surface area contributed by atoms with E-state index in [1.165, 1.54) is 13.8 Å². The van der Waals surface area contributed by atoms with Crippen LogP contribution in [-0.2, 0) is 28.8 Å². The second kappa shape index (κ2) is 18.4. The van der Waals surface area contributed by atoms with E-state index in [1.54, 1.807) is 27.7 Å². The number of carboxylic acid groups (broad SMARTS) is 1. The summed E-state index contributed by atoms with van der Waals surface area (Å²) in [6.07, 6.45) is 1.04. The lowest BCUT2D eigenvalue weighted by atomic mass is 9.99. The maximum Gasteiger partial charge on any atom is 0.326 e. The van der Waals surface area contributed by atoms with Gasteiger partial charge >= 0.3 is 5.97 Å². The fourth-order valence-corrected chi connectivity index (χ4v) is 3.45. The maximum atomic E-state index is 12.9. The molecule has 0 rings (SSSR count). The number of carbonyl (C=O) groups is 6. The highest BCUT2D eigenvalue weighted by Crippen LogP contribution is 2.08. The number of guanidine groups is 1. The normalized spacial score (nSPS) is 15.2. The van der Waals surface area contributed by atoms with Crippen LogP contribution in [0.1, 0.15) is 60.8 Å². The first-order valence-electron chi connectivity index (χ1n) is 13.5. The van der Waals surface area contributed by atoms with Crippen LogP contribution in [0.25, 0.3) is 0 Å². The second-order valence-corrected chi connectivity index (χ2v) is 10.2. The molecule has 234 valence electrons. The van der Waals surface area contributed by atoms with Crippen LogP contribution in [0.15, 0.2) is 4.99 Å². The molecule has 0 unspecified atom stereocenters. The van der Waals surface area contributed by atoms with Gasteiger partial charge in [0.05, 0.1) is 12.6 Å². The van der Waals surface area contributed by atoms with E-state index in [-0.39, 0.29) is 24.8 Å². The molecule has 0 saturated heterocycles. The van der Waals surface area contributed by atoms with E-state index in [2.05, 4.69) is 31.6 Å². The van der Waals surface area contributed by atoms with Gasteiger partial charge in [-0.3, -0.25) is 29.0 Å². The summed E-state index contributed by atoms with van der Waals surface area (Å²) in [7, 11) is 0. The zero-order valence-electron chi connectivity index (χ0n) is 24.7. The number of hydrogen-bond acceptors (Lipinski definition) is 8. The highest BCUT2D eigenvalue weighted by Gasteiger charge is 2.30. The van der Waals surface area contributed by atoms with Crippen molar-refractivity contribution in [2.24, 2.45) is 34.0 Å². The summed E-state index contributed by atoms with van der Waals surface area (Å²) in [6, 6.07) is -5.17. The molecule has 0 aliphatic rings. The number of aliphatic imine (C=N–C) groups is 1. The molecule has 0 saturated carbocycles. The van der Waals surface area contributed by atoms with E-state index < -0.39 is 78.2 Å². The molecule has 0 aromatic carbocycles. The summed E-state index contributed by atoms with van der Waals surface area (Å²) in [5.74, 6) is -5.28. The van der Waals surface area contributed by atoms with Gasteiger partial charge < -0.3 is 48.9 Å². The van der Waals surface area contributed by atoms with Gasteiger partial charge in [0.2, 0.25) is 29.5 Å². The number of nitrogens with zero attached hydrogens (tertiary/aromatic N) is 1. The number of hydrogen-bond donors (Lipinski definition) is 9. The Hall–Kier alpha value is -3.95. The number of amides is 5. The van der Waals surface area contributed by atoms with Crippen molar-refractivity contribution in [1.29, 1.82) is 0 Å². The fourth-order valence-electron chi connectivity index (χ4n) is 3.45. The molecule has 0 aromatic rings. The number of nitrogens with one attached hydrogen (secondary N) is 5. The Morgan fingerprint density at radius 2 is 1.41 bits per heavy atom. The number of carbonyl (C=O) groups excluding carboxylic acids is 5. The minimum absolute atomic E-state index is 0.115. The largest absolute Gasteiger partial charge is 0.480 e. The molecule has 5 amide bonds. The monoisotopic (exact) mass is 585 g/mol. The summed E-state index contributed by atoms with van der Waals surface area (Å²) in [6.45, 7) is 9.40. The summed E-state index contributed by atoms with van der Waals surface area (Å²) in [5.41, 5.74) is 16.2. The SMILES string of the molecule is CC[C@H](C)[C@H](NC(=O)CNC(=O)[C@@H](NC(=O)[C@H](C)NC(=O)[C@H](CCCN=C(N)N)NC(=O)[C@H](C)N)C(C)C)C(=O)O. The molecular weight excluding hydrogens is 538 g/mol. The highest BCUT2D eigenvalue weighted by atomic mass is 16.4. The molecular formula is C25H47N9O7. The average Bonchev–Trinajstić information content (AvgIpc) is 2.88. The molecule has 0 bridgehead atoms. The Morgan fingerprint density at radius 3 is 1.90 bits per heavy atom. The predicted octanol–water partition coefficient (Wildman–Crippen LogP) is -2.75. The molecule has 0 aliphatic heterocycles. The Labute approximate surface area is 240 Å². The first kappa shape index (κ1) is 37.0. The van der Waals surface area contributed by atoms with E-state index in [0.29, 0.717) is 12.8 Å². The molecule has 41 heavy (non-hydrogen) atoms. The zero-order chi connectivity index (χ0) is 31.9. The Morgan fingerprint density at radius 1 is 0.805 bits per heavy atom. The Balaban J connectivity index is 5.23. The molecule has 0 fully saturated rings. The molecule has 16 heteroatoms. The van der Waals surface area contributed by atoms with Crippen LogP contribution in [0.2, 0.25) is 0 Å². The van der Waals surface area contributed by atoms with Crippen molar-refractivity contribution in [3.05, 3.63) is 0 Å². The topological polar surface area (TPSA) is 273 Å². The number of carboxylic acids is 1. The zero-order valence-corrected chi connectivity index (χ0v) is 24.7. The smallest absolute Gasteiger partial charge is 0.326 e. The Bertz CT molecular complexity index is 952. The molecule has 0 aliphatic carbocycles. The lowest BCUT2D eigenvalue weighted by Crippen LogP contribution is -2.58. The van der Waals surface area contributed by atoms with Crippen LogP contribution in [0.3, 0.4) is 0 Å². The van der Waals surface area contributed by atoms with Crippen molar-refractivity contribution < 1.29 is 33.9 Å². The first-order chi connectivity index (χ1) is 19.0. The third-order valence-corrected chi connectivity index (χ3v) is 6.21. The molecule has 12 N–H and O–H groups in total. The van der Waals surface area contributed by atoms with Crippen molar-refractivity contribution in [3.63, 3.8) is 0 Å². The van der Waals surface area contributed by atoms with Gasteiger partial charge in [0.1, 0.15) is 24.2 Å². The van der Waals surface area contributed by atoms with Gasteiger partial charge in [-0.2, -0.15) is 0 Å². The highest BCUT2D eigenvalue weighted by molar-refractivity contribution is 5.95. The van der Waals surface area contributed by atoms with Crippen molar-refractivity contribution in [2.75, 3.05) is 13.1 Å². The summed E-state index contributed by atoms with van der Waals surface area (Å²) in [4.78, 5) is 78.1. The summed E-state index contributed by atoms with van der Waals surface area (Å²) < 4.78 is 0. The van der Waals surface area contributed by atoms with Crippen LogP contribution in [0, 0.1) is 11.8 Å². The van der Waals surface area contributed by atoms with Gasteiger partial charge in [-0.25, -0.2) is 4.79 Å². The molecule has 6 atom stereocenters. The Kier molecular flexibility index (Phi) is 16.6. The summed E-state index contributed by atoms with van der Waals surface area (Å²) in [5, 5.41) is 21.7. The number of aliphatic carboxylic acids is 1.